The van der Waals surface area contributed by atoms with Gasteiger partial charge in [-0.3, -0.25) is 4.90 Å². The second kappa shape index (κ2) is 5.99. The average Bonchev–Trinajstić information content (AvgIpc) is 3.02. The molecule has 2 aromatic rings. The van der Waals surface area contributed by atoms with Crippen LogP contribution in [0.1, 0.15) is 31.7 Å². The van der Waals surface area contributed by atoms with Crippen LogP contribution in [0.3, 0.4) is 0 Å². The molecule has 114 valence electrons. The second-order valence-electron chi connectivity index (χ2n) is 5.96. The molecular formula is C15H23N5O. The maximum atomic E-state index is 10.2. The predicted molar refractivity (Wildman–Crippen MR) is 82.6 cm³/mol. The van der Waals surface area contributed by atoms with Gasteiger partial charge in [0.25, 0.3) is 0 Å². The number of hydrogen-bond donors (Lipinski definition) is 3. The molecule has 1 saturated heterocycles. The summed E-state index contributed by atoms with van der Waals surface area (Å²) < 4.78 is 0. The van der Waals surface area contributed by atoms with Crippen molar-refractivity contribution in [1.82, 2.24) is 19.9 Å². The van der Waals surface area contributed by atoms with Crippen LogP contribution in [0.5, 0.6) is 0 Å². The van der Waals surface area contributed by atoms with Crippen LogP contribution in [-0.2, 0) is 6.54 Å². The van der Waals surface area contributed by atoms with E-state index in [-0.39, 0.29) is 6.10 Å². The molecule has 0 bridgehead atoms. The number of fused-ring (bicyclic) bond motifs is 1. The van der Waals surface area contributed by atoms with Gasteiger partial charge in [0.15, 0.2) is 5.82 Å². The molecule has 0 aromatic carbocycles. The van der Waals surface area contributed by atoms with E-state index >= 15 is 0 Å². The summed E-state index contributed by atoms with van der Waals surface area (Å²) in [5.74, 6) is 0.878. The van der Waals surface area contributed by atoms with Crippen molar-refractivity contribution >= 4 is 16.9 Å². The molecule has 3 heterocycles. The highest BCUT2D eigenvalue weighted by Crippen LogP contribution is 2.26. The minimum Gasteiger partial charge on any atom is -0.391 e. The summed E-state index contributed by atoms with van der Waals surface area (Å²) in [6.45, 7) is 4.67. The Kier molecular flexibility index (Phi) is 4.07. The van der Waals surface area contributed by atoms with E-state index < -0.39 is 0 Å². The van der Waals surface area contributed by atoms with Gasteiger partial charge in [-0.1, -0.05) is 19.8 Å². The normalized spacial score (nSPS) is 23.1. The van der Waals surface area contributed by atoms with Crippen LogP contribution < -0.4 is 5.73 Å². The monoisotopic (exact) mass is 289 g/mol. The SMILES string of the molecule is CCCC[C@H]1CN(Cc2c[nH]c3c(N)ncnc23)C[C@H]1O. The van der Waals surface area contributed by atoms with E-state index in [2.05, 4.69) is 26.8 Å². The molecule has 21 heavy (non-hydrogen) atoms. The molecule has 0 amide bonds. The Hall–Kier alpha value is -1.66. The number of unbranched alkanes of at least 4 members (excludes halogenated alkanes) is 1. The summed E-state index contributed by atoms with van der Waals surface area (Å²) in [5.41, 5.74) is 8.64. The zero-order valence-corrected chi connectivity index (χ0v) is 12.4. The fraction of sp³-hybridized carbons (Fsp3) is 0.600. The van der Waals surface area contributed by atoms with Crippen LogP contribution in [0, 0.1) is 5.92 Å². The van der Waals surface area contributed by atoms with Crippen molar-refractivity contribution < 1.29 is 5.11 Å². The Morgan fingerprint density at radius 2 is 2.29 bits per heavy atom. The van der Waals surface area contributed by atoms with Gasteiger partial charge < -0.3 is 15.8 Å². The van der Waals surface area contributed by atoms with Crippen molar-refractivity contribution in [1.29, 1.82) is 0 Å². The van der Waals surface area contributed by atoms with Gasteiger partial charge >= 0.3 is 0 Å². The number of nitrogens with one attached hydrogen (secondary N) is 1. The number of nitrogens with two attached hydrogens (primary N) is 1. The minimum absolute atomic E-state index is 0.207. The number of aromatic nitrogens is 3. The molecule has 1 fully saturated rings. The van der Waals surface area contributed by atoms with Crippen LogP contribution in [0.15, 0.2) is 12.5 Å². The van der Waals surface area contributed by atoms with Crippen molar-refractivity contribution in [2.24, 2.45) is 5.92 Å². The predicted octanol–water partition coefficient (Wildman–Crippen LogP) is 1.52. The number of nitrogen functional groups attached to an aromatic ring is 1. The van der Waals surface area contributed by atoms with E-state index in [1.807, 2.05) is 6.20 Å². The molecular weight excluding hydrogens is 266 g/mol. The highest BCUT2D eigenvalue weighted by molar-refractivity contribution is 5.86. The third kappa shape index (κ3) is 2.87. The highest BCUT2D eigenvalue weighted by Gasteiger charge is 2.30. The summed E-state index contributed by atoms with van der Waals surface area (Å²) in [6, 6.07) is 0. The minimum atomic E-state index is -0.207. The molecule has 6 nitrogen and oxygen atoms in total. The fourth-order valence-electron chi connectivity index (χ4n) is 3.19. The van der Waals surface area contributed by atoms with Gasteiger partial charge in [0.1, 0.15) is 11.8 Å². The number of aliphatic hydroxyl groups excluding tert-OH is 1. The number of nitrogens with zero attached hydrogens (tertiary/aromatic N) is 3. The maximum absolute atomic E-state index is 10.2. The lowest BCUT2D eigenvalue weighted by molar-refractivity contribution is 0.136. The lowest BCUT2D eigenvalue weighted by atomic mass is 9.99. The van der Waals surface area contributed by atoms with Gasteiger partial charge in [0, 0.05) is 31.4 Å². The van der Waals surface area contributed by atoms with Crippen molar-refractivity contribution in [2.45, 2.75) is 38.8 Å². The number of aromatic amines is 1. The van der Waals surface area contributed by atoms with Crippen molar-refractivity contribution in [3.05, 3.63) is 18.1 Å². The van der Waals surface area contributed by atoms with E-state index in [9.17, 15) is 5.11 Å². The molecule has 6 heteroatoms. The molecule has 0 saturated carbocycles. The smallest absolute Gasteiger partial charge is 0.151 e. The molecule has 3 rings (SSSR count). The quantitative estimate of drug-likeness (QED) is 0.776. The van der Waals surface area contributed by atoms with Gasteiger partial charge in [0.2, 0.25) is 0 Å². The lowest BCUT2D eigenvalue weighted by Gasteiger charge is -2.14. The van der Waals surface area contributed by atoms with Gasteiger partial charge in [0.05, 0.1) is 11.6 Å². The van der Waals surface area contributed by atoms with Gasteiger partial charge in [-0.2, -0.15) is 0 Å². The molecule has 0 aliphatic carbocycles. The third-order valence-electron chi connectivity index (χ3n) is 4.38. The molecule has 0 unspecified atom stereocenters. The summed E-state index contributed by atoms with van der Waals surface area (Å²) in [5, 5.41) is 10.2. The Morgan fingerprint density at radius 1 is 1.43 bits per heavy atom. The van der Waals surface area contributed by atoms with E-state index in [1.54, 1.807) is 0 Å². The first-order chi connectivity index (χ1) is 10.2. The van der Waals surface area contributed by atoms with Gasteiger partial charge in [-0.15, -0.1) is 0 Å². The molecule has 2 atom stereocenters. The van der Waals surface area contributed by atoms with Crippen LogP contribution in [0.2, 0.25) is 0 Å². The Bertz CT molecular complexity index is 611. The fourth-order valence-corrected chi connectivity index (χ4v) is 3.19. The van der Waals surface area contributed by atoms with Crippen LogP contribution in [0.4, 0.5) is 5.82 Å². The maximum Gasteiger partial charge on any atom is 0.151 e. The first-order valence-electron chi connectivity index (χ1n) is 7.66. The molecule has 2 aromatic heterocycles. The van der Waals surface area contributed by atoms with Crippen LogP contribution in [0.25, 0.3) is 11.0 Å². The molecule has 4 N–H and O–H groups in total. The van der Waals surface area contributed by atoms with E-state index in [1.165, 1.54) is 19.2 Å². The first kappa shape index (κ1) is 14.3. The summed E-state index contributed by atoms with van der Waals surface area (Å²) >= 11 is 0. The number of aliphatic hydroxyl groups is 1. The van der Waals surface area contributed by atoms with Crippen molar-refractivity contribution in [3.8, 4) is 0 Å². The average molecular weight is 289 g/mol. The van der Waals surface area contributed by atoms with Crippen LogP contribution >= 0.6 is 0 Å². The van der Waals surface area contributed by atoms with Crippen molar-refractivity contribution in [2.75, 3.05) is 18.8 Å². The van der Waals surface area contributed by atoms with Crippen molar-refractivity contribution in [3.63, 3.8) is 0 Å². The molecule has 1 aliphatic heterocycles. The number of β-amino-alcohol motifs (C(OH)–C–C–N with tert-alkyl or cyclic N) is 1. The number of hydrogen-bond acceptors (Lipinski definition) is 5. The third-order valence-corrected chi connectivity index (χ3v) is 4.38. The Morgan fingerprint density at radius 3 is 3.10 bits per heavy atom. The summed E-state index contributed by atoms with van der Waals surface area (Å²) in [6.07, 6.45) is 6.71. The summed E-state index contributed by atoms with van der Waals surface area (Å²) in [7, 11) is 0. The first-order valence-corrected chi connectivity index (χ1v) is 7.66. The largest absolute Gasteiger partial charge is 0.391 e. The van der Waals surface area contributed by atoms with E-state index in [4.69, 9.17) is 5.73 Å². The molecule has 1 aliphatic rings. The standard InChI is InChI=1S/C15H23N5O/c1-2-3-4-10-6-20(8-12(10)21)7-11-5-17-14-13(11)18-9-19-15(14)16/h5,9-10,12,17,21H,2-4,6-8H2,1H3,(H2,16,18,19)/t10-,12+/m0/s1. The Balaban J connectivity index is 1.70. The number of rotatable bonds is 5. The number of likely N-dealkylation sites (tertiary alicyclic amines) is 1. The highest BCUT2D eigenvalue weighted by atomic mass is 16.3. The zero-order valence-electron chi connectivity index (χ0n) is 12.4. The molecule has 0 radical (unpaired) electrons. The summed E-state index contributed by atoms with van der Waals surface area (Å²) in [4.78, 5) is 13.8. The van der Waals surface area contributed by atoms with Crippen LogP contribution in [-0.4, -0.2) is 44.2 Å². The number of H-pyrrole nitrogens is 1. The lowest BCUT2D eigenvalue weighted by Crippen LogP contribution is -2.21. The van der Waals surface area contributed by atoms with E-state index in [0.717, 1.165) is 42.7 Å². The second-order valence-corrected chi connectivity index (χ2v) is 5.96. The zero-order chi connectivity index (χ0) is 14.8. The molecule has 0 spiro atoms. The van der Waals surface area contributed by atoms with Gasteiger partial charge in [-0.05, 0) is 12.3 Å². The number of anilines is 1. The van der Waals surface area contributed by atoms with Gasteiger partial charge in [-0.25, -0.2) is 9.97 Å². The topological polar surface area (TPSA) is 91.1 Å². The van der Waals surface area contributed by atoms with E-state index in [0.29, 0.717) is 11.7 Å². The Labute approximate surface area is 124 Å².